The highest BCUT2D eigenvalue weighted by molar-refractivity contribution is 14.0. The highest BCUT2D eigenvalue weighted by atomic mass is 127. The predicted octanol–water partition coefficient (Wildman–Crippen LogP) is 4.01. The van der Waals surface area contributed by atoms with E-state index in [0.29, 0.717) is 30.4 Å². The fourth-order valence-corrected chi connectivity index (χ4v) is 3.84. The second kappa shape index (κ2) is 13.6. The zero-order valence-corrected chi connectivity index (χ0v) is 21.6. The van der Waals surface area contributed by atoms with Crippen LogP contribution in [0.15, 0.2) is 23.2 Å². The number of nitrogens with zero attached hydrogens (tertiary/aromatic N) is 2. The largest absolute Gasteiger partial charge is 0.493 e. The van der Waals surface area contributed by atoms with Crippen LogP contribution in [0.25, 0.3) is 0 Å². The molecule has 7 nitrogen and oxygen atoms in total. The maximum atomic E-state index is 12.9. The molecule has 0 aliphatic heterocycles. The second-order valence-corrected chi connectivity index (χ2v) is 7.96. The molecule has 0 saturated heterocycles. The second-order valence-electron chi connectivity index (χ2n) is 7.96. The summed E-state index contributed by atoms with van der Waals surface area (Å²) in [5.41, 5.74) is 0.107. The summed E-state index contributed by atoms with van der Waals surface area (Å²) in [6.45, 7) is 0.223. The summed E-state index contributed by atoms with van der Waals surface area (Å²) >= 11 is 0. The van der Waals surface area contributed by atoms with Gasteiger partial charge in [-0.15, -0.1) is 24.0 Å². The molecule has 1 aromatic carbocycles. The van der Waals surface area contributed by atoms with Crippen molar-refractivity contribution in [2.45, 2.75) is 52.2 Å². The minimum atomic E-state index is -2.93. The number of aliphatic imine (C=N–C) groups is 1. The lowest BCUT2D eigenvalue weighted by atomic mass is 9.84. The third-order valence-electron chi connectivity index (χ3n) is 5.41. The predicted molar refractivity (Wildman–Crippen MR) is 132 cm³/mol. The summed E-state index contributed by atoms with van der Waals surface area (Å²) in [6, 6.07) is 4.89. The summed E-state index contributed by atoms with van der Waals surface area (Å²) in [4.78, 5) is 18.6. The molecule has 1 saturated carbocycles. The molecule has 1 aliphatic rings. The molecule has 1 amide bonds. The maximum Gasteiger partial charge on any atom is 0.387 e. The first-order valence-electron chi connectivity index (χ1n) is 10.7. The van der Waals surface area contributed by atoms with E-state index in [2.05, 4.69) is 20.4 Å². The number of nitrogens with one attached hydrogen (secondary N) is 2. The molecule has 0 heterocycles. The van der Waals surface area contributed by atoms with Crippen LogP contribution in [0.3, 0.4) is 0 Å². The normalized spacial score (nSPS) is 15.2. The molecule has 1 aromatic rings. The first-order chi connectivity index (χ1) is 14.8. The van der Waals surface area contributed by atoms with Crippen molar-refractivity contribution in [2.75, 3.05) is 34.3 Å². The zero-order chi connectivity index (χ0) is 22.9. The van der Waals surface area contributed by atoms with E-state index >= 15 is 0 Å². The highest BCUT2D eigenvalue weighted by Crippen LogP contribution is 2.38. The highest BCUT2D eigenvalue weighted by Gasteiger charge is 2.42. The van der Waals surface area contributed by atoms with Gasteiger partial charge in [0.05, 0.1) is 12.0 Å². The van der Waals surface area contributed by atoms with Crippen molar-refractivity contribution >= 4 is 35.8 Å². The molecule has 32 heavy (non-hydrogen) atoms. The Morgan fingerprint density at radius 2 is 1.94 bits per heavy atom. The number of ether oxygens (including phenoxy) is 2. The van der Waals surface area contributed by atoms with E-state index in [-0.39, 0.29) is 42.2 Å². The van der Waals surface area contributed by atoms with Crippen LogP contribution in [-0.4, -0.2) is 57.7 Å². The summed E-state index contributed by atoms with van der Waals surface area (Å²) in [6.07, 6.45) is 4.52. The Balaban J connectivity index is 0.00000512. The summed E-state index contributed by atoms with van der Waals surface area (Å²) in [5.74, 6) is 1.14. The number of hydrogen-bond donors (Lipinski definition) is 2. The average molecular weight is 568 g/mol. The van der Waals surface area contributed by atoms with E-state index in [1.165, 1.54) is 6.07 Å². The van der Waals surface area contributed by atoms with Gasteiger partial charge in [-0.25, -0.2) is 0 Å². The molecular formula is C22H35F2IN4O3. The number of alkyl halides is 2. The Hall–Kier alpha value is -1.85. The quantitative estimate of drug-likeness (QED) is 0.254. The monoisotopic (exact) mass is 568 g/mol. The molecule has 0 radical (unpaired) electrons. The van der Waals surface area contributed by atoms with Crippen LogP contribution in [0.1, 0.15) is 44.6 Å². The SMILES string of the molecule is CCCOc1ccc(CNC(=NC)NCC2(C(=O)N(C)C)CCCC2)c(OC(F)F)c1.I. The Morgan fingerprint density at radius 3 is 2.50 bits per heavy atom. The molecule has 0 aromatic heterocycles. The Bertz CT molecular complexity index is 757. The van der Waals surface area contributed by atoms with E-state index in [0.717, 1.165) is 32.1 Å². The van der Waals surface area contributed by atoms with Crippen LogP contribution in [0, 0.1) is 5.41 Å². The summed E-state index contributed by atoms with van der Waals surface area (Å²) < 4.78 is 35.9. The first-order valence-corrected chi connectivity index (χ1v) is 10.7. The molecule has 0 unspecified atom stereocenters. The van der Waals surface area contributed by atoms with Crippen molar-refractivity contribution in [1.29, 1.82) is 0 Å². The van der Waals surface area contributed by atoms with Crippen molar-refractivity contribution in [2.24, 2.45) is 10.4 Å². The van der Waals surface area contributed by atoms with Crippen LogP contribution in [-0.2, 0) is 11.3 Å². The lowest BCUT2D eigenvalue weighted by molar-refractivity contribution is -0.138. The number of rotatable bonds is 10. The van der Waals surface area contributed by atoms with Crippen molar-refractivity contribution in [1.82, 2.24) is 15.5 Å². The lowest BCUT2D eigenvalue weighted by Crippen LogP contribution is -2.49. The number of guanidine groups is 1. The van der Waals surface area contributed by atoms with E-state index in [1.807, 2.05) is 6.92 Å². The third-order valence-corrected chi connectivity index (χ3v) is 5.41. The van der Waals surface area contributed by atoms with Gasteiger partial charge in [0.15, 0.2) is 5.96 Å². The molecule has 182 valence electrons. The van der Waals surface area contributed by atoms with E-state index < -0.39 is 12.0 Å². The van der Waals surface area contributed by atoms with Gasteiger partial charge in [0.1, 0.15) is 11.5 Å². The van der Waals surface area contributed by atoms with Crippen LogP contribution < -0.4 is 20.1 Å². The molecule has 0 bridgehead atoms. The van der Waals surface area contributed by atoms with Gasteiger partial charge in [-0.1, -0.05) is 19.8 Å². The van der Waals surface area contributed by atoms with Crippen molar-refractivity contribution in [3.05, 3.63) is 23.8 Å². The van der Waals surface area contributed by atoms with Gasteiger partial charge in [0.25, 0.3) is 0 Å². The van der Waals surface area contributed by atoms with E-state index in [9.17, 15) is 13.6 Å². The Morgan fingerprint density at radius 1 is 1.25 bits per heavy atom. The summed E-state index contributed by atoms with van der Waals surface area (Å²) in [5, 5.41) is 6.36. The zero-order valence-electron chi connectivity index (χ0n) is 19.2. The number of carbonyl (C=O) groups excluding carboxylic acids is 1. The first kappa shape index (κ1) is 28.2. The Labute approximate surface area is 206 Å². The van der Waals surface area contributed by atoms with Gasteiger partial charge in [-0.05, 0) is 31.4 Å². The van der Waals surface area contributed by atoms with Gasteiger partial charge in [0, 0.05) is 45.9 Å². The van der Waals surface area contributed by atoms with Crippen LogP contribution in [0.5, 0.6) is 11.5 Å². The molecule has 0 spiro atoms. The molecule has 10 heteroatoms. The lowest BCUT2D eigenvalue weighted by Gasteiger charge is -2.31. The maximum absolute atomic E-state index is 12.9. The van der Waals surface area contributed by atoms with Crippen LogP contribution >= 0.6 is 24.0 Å². The van der Waals surface area contributed by atoms with Gasteiger partial charge in [-0.2, -0.15) is 8.78 Å². The van der Waals surface area contributed by atoms with Gasteiger partial charge in [-0.3, -0.25) is 9.79 Å². The standard InChI is InChI=1S/C22H34F2N4O3.HI/c1-5-12-30-17-9-8-16(18(13-17)31-20(23)24)14-26-21(25-2)27-15-22(10-6-7-11-22)19(29)28(3)4;/h8-9,13,20H,5-7,10-12,14-15H2,1-4H3,(H2,25,26,27);1H. The van der Waals surface area contributed by atoms with E-state index in [4.69, 9.17) is 4.74 Å². The minimum absolute atomic E-state index is 0. The molecule has 1 fully saturated rings. The van der Waals surface area contributed by atoms with Crippen LogP contribution in [0.2, 0.25) is 0 Å². The number of carbonyl (C=O) groups is 1. The van der Waals surface area contributed by atoms with E-state index in [1.54, 1.807) is 38.2 Å². The third kappa shape index (κ3) is 7.93. The fourth-order valence-electron chi connectivity index (χ4n) is 3.84. The molecule has 0 atom stereocenters. The smallest absolute Gasteiger partial charge is 0.387 e. The van der Waals surface area contributed by atoms with Gasteiger partial charge in [0.2, 0.25) is 5.91 Å². The number of amides is 1. The molecule has 2 N–H and O–H groups in total. The Kier molecular flexibility index (Phi) is 12.0. The van der Waals surface area contributed by atoms with Crippen molar-refractivity contribution in [3.63, 3.8) is 0 Å². The molecule has 1 aliphatic carbocycles. The van der Waals surface area contributed by atoms with Gasteiger partial charge < -0.3 is 25.0 Å². The molecular weight excluding hydrogens is 533 g/mol. The average Bonchev–Trinajstić information content (AvgIpc) is 3.22. The number of hydrogen-bond acceptors (Lipinski definition) is 4. The van der Waals surface area contributed by atoms with Crippen molar-refractivity contribution in [3.8, 4) is 11.5 Å². The van der Waals surface area contributed by atoms with Gasteiger partial charge >= 0.3 is 6.61 Å². The van der Waals surface area contributed by atoms with Crippen molar-refractivity contribution < 1.29 is 23.0 Å². The minimum Gasteiger partial charge on any atom is -0.493 e. The number of halogens is 3. The topological polar surface area (TPSA) is 75.2 Å². The number of benzene rings is 1. The molecule has 2 rings (SSSR count). The fraction of sp³-hybridized carbons (Fsp3) is 0.636. The summed E-state index contributed by atoms with van der Waals surface area (Å²) in [7, 11) is 5.17. The van der Waals surface area contributed by atoms with Crippen LogP contribution in [0.4, 0.5) is 8.78 Å².